The molecule has 1 aromatic heterocycles. The average Bonchev–Trinajstić information content (AvgIpc) is 3.51. The van der Waals surface area contributed by atoms with Gasteiger partial charge in [-0.1, -0.05) is 80.0 Å². The van der Waals surface area contributed by atoms with Crippen molar-refractivity contribution in [1.29, 1.82) is 0 Å². The molecule has 1 aromatic carbocycles. The van der Waals surface area contributed by atoms with Gasteiger partial charge in [-0.2, -0.15) is 0 Å². The highest BCUT2D eigenvalue weighted by Gasteiger charge is 2.36. The Hall–Kier alpha value is -4.95. The van der Waals surface area contributed by atoms with Crippen LogP contribution in [-0.2, 0) is 40.0 Å². The molecule has 292 valence electrons. The summed E-state index contributed by atoms with van der Waals surface area (Å²) in [6.45, 7) is 14.0. The van der Waals surface area contributed by atoms with Gasteiger partial charge in [0.05, 0.1) is 6.54 Å². The van der Waals surface area contributed by atoms with Crippen LogP contribution in [0.2, 0.25) is 0 Å². The molecular formula is C38H58N8O7. The minimum atomic E-state index is -1.08. The number of hydrogen-bond donors (Lipinski definition) is 8. The SMILES string of the molecule is CC[C@H](C)[C@H]1NC(=O)[C@@H](CC(C)C)NC(=O)CNC(=O)CCNC(=O)[C@@H](Cc2c[nH]c3ccccc23)NC(=O)[C@H](C(C)C)NC(=O)[C@H](C(C)C)NC1=O. The summed E-state index contributed by atoms with van der Waals surface area (Å²) in [4.78, 5) is 97.5. The van der Waals surface area contributed by atoms with Crippen molar-refractivity contribution in [3.05, 3.63) is 36.0 Å². The van der Waals surface area contributed by atoms with Gasteiger partial charge in [0.15, 0.2) is 0 Å². The van der Waals surface area contributed by atoms with Gasteiger partial charge in [0.1, 0.15) is 30.2 Å². The van der Waals surface area contributed by atoms with Gasteiger partial charge in [0.25, 0.3) is 0 Å². The van der Waals surface area contributed by atoms with Crippen LogP contribution in [0.15, 0.2) is 30.5 Å². The van der Waals surface area contributed by atoms with Crippen molar-refractivity contribution in [1.82, 2.24) is 42.2 Å². The highest BCUT2D eigenvalue weighted by atomic mass is 16.2. The summed E-state index contributed by atoms with van der Waals surface area (Å²) in [6.07, 6.45) is 2.50. The zero-order chi connectivity index (χ0) is 39.4. The Labute approximate surface area is 311 Å². The van der Waals surface area contributed by atoms with Gasteiger partial charge in [-0.25, -0.2) is 0 Å². The maximum Gasteiger partial charge on any atom is 0.243 e. The van der Waals surface area contributed by atoms with E-state index >= 15 is 0 Å². The Balaban J connectivity index is 1.98. The Kier molecular flexibility index (Phi) is 15.8. The number of fused-ring (bicyclic) bond motifs is 1. The number of hydrogen-bond acceptors (Lipinski definition) is 7. The number of benzene rings is 1. The summed E-state index contributed by atoms with van der Waals surface area (Å²) in [7, 11) is 0. The Bertz CT molecular complexity index is 1620. The van der Waals surface area contributed by atoms with E-state index < -0.39 is 89.9 Å². The molecule has 0 saturated carbocycles. The lowest BCUT2D eigenvalue weighted by molar-refractivity contribution is -0.137. The number of carbonyl (C=O) groups is 7. The van der Waals surface area contributed by atoms with Gasteiger partial charge in [0.2, 0.25) is 41.4 Å². The summed E-state index contributed by atoms with van der Waals surface area (Å²) < 4.78 is 0. The fourth-order valence-corrected chi connectivity index (χ4v) is 6.14. The number of para-hydroxylation sites is 1. The van der Waals surface area contributed by atoms with Crippen molar-refractivity contribution < 1.29 is 33.6 Å². The molecule has 2 heterocycles. The van der Waals surface area contributed by atoms with Crippen molar-refractivity contribution in [3.8, 4) is 0 Å². The van der Waals surface area contributed by atoms with Crippen LogP contribution in [0, 0.1) is 23.7 Å². The van der Waals surface area contributed by atoms with Gasteiger partial charge < -0.3 is 42.2 Å². The van der Waals surface area contributed by atoms with Gasteiger partial charge in [0, 0.05) is 36.5 Å². The molecule has 0 spiro atoms. The van der Waals surface area contributed by atoms with Crippen LogP contribution >= 0.6 is 0 Å². The first-order chi connectivity index (χ1) is 25.0. The molecule has 6 atom stereocenters. The van der Waals surface area contributed by atoms with E-state index in [-0.39, 0.29) is 37.6 Å². The Morgan fingerprint density at radius 1 is 0.642 bits per heavy atom. The van der Waals surface area contributed by atoms with Crippen LogP contribution < -0.4 is 37.2 Å². The topological polar surface area (TPSA) is 219 Å². The molecule has 1 fully saturated rings. The van der Waals surface area contributed by atoms with Gasteiger partial charge in [-0.05, 0) is 41.7 Å². The summed E-state index contributed by atoms with van der Waals surface area (Å²) in [6, 6.07) is 2.27. The van der Waals surface area contributed by atoms with Crippen molar-refractivity contribution in [3.63, 3.8) is 0 Å². The standard InChI is InChI=1S/C38H58N8O7/c1-9-23(8)33-38(53)45-32(22(6)7)37(52)44-31(21(4)5)36(51)43-28(17-24-18-40-26-13-11-10-12-25(24)26)34(49)39-15-14-29(47)41-19-30(48)42-27(16-20(2)3)35(50)46-33/h10-13,18,20-23,27-28,31-33,40H,9,14-17,19H2,1-8H3,(H,39,49)(H,41,47)(H,42,48)(H,43,51)(H,44,52)(H,45,53)(H,46,50)/t23-,27+,28+,31-,32-,33+/m0/s1. The molecule has 1 saturated heterocycles. The van der Waals surface area contributed by atoms with Crippen molar-refractivity contribution in [2.24, 2.45) is 23.7 Å². The molecule has 0 aliphatic carbocycles. The number of rotatable bonds is 8. The maximum atomic E-state index is 13.9. The van der Waals surface area contributed by atoms with E-state index in [1.807, 2.05) is 45.0 Å². The van der Waals surface area contributed by atoms with Crippen LogP contribution in [0.3, 0.4) is 0 Å². The van der Waals surface area contributed by atoms with Crippen LogP contribution in [0.25, 0.3) is 10.9 Å². The third kappa shape index (κ3) is 12.3. The van der Waals surface area contributed by atoms with E-state index in [1.54, 1.807) is 40.8 Å². The van der Waals surface area contributed by atoms with E-state index in [2.05, 4.69) is 42.2 Å². The van der Waals surface area contributed by atoms with Gasteiger partial charge in [-0.3, -0.25) is 33.6 Å². The summed E-state index contributed by atoms with van der Waals surface area (Å²) in [5, 5.41) is 20.0. The quantitative estimate of drug-likeness (QED) is 0.198. The van der Waals surface area contributed by atoms with Crippen LogP contribution in [0.4, 0.5) is 0 Å². The monoisotopic (exact) mass is 738 g/mol. The first kappa shape index (κ1) is 42.5. The summed E-state index contributed by atoms with van der Waals surface area (Å²) in [5.74, 6) is -5.20. The molecular weight excluding hydrogens is 680 g/mol. The summed E-state index contributed by atoms with van der Waals surface area (Å²) >= 11 is 0. The smallest absolute Gasteiger partial charge is 0.243 e. The number of aromatic amines is 1. The lowest BCUT2D eigenvalue weighted by Crippen LogP contribution is -2.62. The van der Waals surface area contributed by atoms with Crippen molar-refractivity contribution in [2.45, 2.75) is 111 Å². The van der Waals surface area contributed by atoms with Gasteiger partial charge in [-0.15, -0.1) is 0 Å². The minimum Gasteiger partial charge on any atom is -0.361 e. The third-order valence-corrected chi connectivity index (χ3v) is 9.48. The van der Waals surface area contributed by atoms with E-state index in [1.165, 1.54) is 0 Å². The molecule has 53 heavy (non-hydrogen) atoms. The van der Waals surface area contributed by atoms with E-state index in [0.29, 0.717) is 6.42 Å². The lowest BCUT2D eigenvalue weighted by atomic mass is 9.95. The fraction of sp³-hybridized carbons (Fsp3) is 0.605. The largest absolute Gasteiger partial charge is 0.361 e. The molecule has 1 aliphatic rings. The van der Waals surface area contributed by atoms with E-state index in [9.17, 15) is 33.6 Å². The van der Waals surface area contributed by atoms with E-state index in [0.717, 1.165) is 16.5 Å². The molecule has 3 rings (SSSR count). The Morgan fingerprint density at radius 3 is 1.83 bits per heavy atom. The molecule has 0 radical (unpaired) electrons. The zero-order valence-electron chi connectivity index (χ0n) is 32.2. The first-order valence-corrected chi connectivity index (χ1v) is 18.6. The van der Waals surface area contributed by atoms with E-state index in [4.69, 9.17) is 0 Å². The van der Waals surface area contributed by atoms with Crippen molar-refractivity contribution in [2.75, 3.05) is 13.1 Å². The second kappa shape index (κ2) is 19.8. The fourth-order valence-electron chi connectivity index (χ4n) is 6.14. The van der Waals surface area contributed by atoms with Crippen LogP contribution in [0.5, 0.6) is 0 Å². The zero-order valence-corrected chi connectivity index (χ0v) is 32.2. The minimum absolute atomic E-state index is 0.00130. The predicted molar refractivity (Wildman–Crippen MR) is 201 cm³/mol. The van der Waals surface area contributed by atoms with Gasteiger partial charge >= 0.3 is 0 Å². The number of nitrogens with one attached hydrogen (secondary N) is 8. The molecule has 15 heteroatoms. The molecule has 2 aromatic rings. The second-order valence-corrected chi connectivity index (χ2v) is 15.0. The normalized spacial score (nSPS) is 24.3. The van der Waals surface area contributed by atoms with Crippen molar-refractivity contribution >= 4 is 52.3 Å². The highest BCUT2D eigenvalue weighted by molar-refractivity contribution is 5.97. The molecule has 7 amide bonds. The average molecular weight is 739 g/mol. The molecule has 0 unspecified atom stereocenters. The first-order valence-electron chi connectivity index (χ1n) is 18.6. The highest BCUT2D eigenvalue weighted by Crippen LogP contribution is 2.20. The molecule has 1 aliphatic heterocycles. The lowest BCUT2D eigenvalue weighted by Gasteiger charge is -2.31. The predicted octanol–water partition coefficient (Wildman–Crippen LogP) is 1.17. The van der Waals surface area contributed by atoms with Crippen LogP contribution in [-0.4, -0.2) is 89.6 Å². The molecule has 15 nitrogen and oxygen atoms in total. The number of aromatic nitrogens is 1. The second-order valence-electron chi connectivity index (χ2n) is 15.0. The number of carbonyl (C=O) groups excluding carboxylic acids is 7. The molecule has 0 bridgehead atoms. The molecule has 8 N–H and O–H groups in total. The third-order valence-electron chi connectivity index (χ3n) is 9.48. The maximum absolute atomic E-state index is 13.9. The Morgan fingerprint density at radius 2 is 1.23 bits per heavy atom. The number of amides is 7. The summed E-state index contributed by atoms with van der Waals surface area (Å²) in [5.41, 5.74) is 1.63. The number of H-pyrrole nitrogens is 1. The van der Waals surface area contributed by atoms with Crippen LogP contribution in [0.1, 0.15) is 80.2 Å².